The van der Waals surface area contributed by atoms with Crippen LogP contribution in [0, 0.1) is 0 Å². The maximum atomic E-state index is 12.9. The van der Waals surface area contributed by atoms with Gasteiger partial charge in [0.1, 0.15) is 5.56 Å². The summed E-state index contributed by atoms with van der Waals surface area (Å²) in [6.45, 7) is 2.25. The third-order valence-electron chi connectivity index (χ3n) is 4.08. The second-order valence-electron chi connectivity index (χ2n) is 5.91. The highest BCUT2D eigenvalue weighted by molar-refractivity contribution is 7.90. The molecule has 0 spiro atoms. The van der Waals surface area contributed by atoms with Crippen LogP contribution in [0.4, 0.5) is 0 Å². The van der Waals surface area contributed by atoms with Crippen LogP contribution in [0.15, 0.2) is 41.7 Å². The van der Waals surface area contributed by atoms with Crippen LogP contribution < -0.4 is 0 Å². The standard InChI is InChI=1S/C17H17ClN4O4S/c1-3-22-17(24)12(9-20-22)16(23)11-5-6-14(27(2,25)26)13(15(11)18)10-21-8-4-7-19-21/h4-9,24H,3,10H2,1-2H3. The first-order chi connectivity index (χ1) is 12.7. The summed E-state index contributed by atoms with van der Waals surface area (Å²) in [6.07, 6.45) is 5.55. The molecule has 2 aromatic heterocycles. The minimum atomic E-state index is -3.58. The number of carbonyl (C=O) groups is 1. The van der Waals surface area contributed by atoms with Gasteiger partial charge in [0.25, 0.3) is 0 Å². The van der Waals surface area contributed by atoms with Crippen LogP contribution >= 0.6 is 11.6 Å². The maximum absolute atomic E-state index is 12.9. The van der Waals surface area contributed by atoms with E-state index in [2.05, 4.69) is 10.2 Å². The van der Waals surface area contributed by atoms with E-state index < -0.39 is 15.6 Å². The van der Waals surface area contributed by atoms with Crippen molar-refractivity contribution in [2.45, 2.75) is 24.9 Å². The van der Waals surface area contributed by atoms with Crippen LogP contribution in [-0.4, -0.2) is 45.1 Å². The molecular formula is C17H17ClN4O4S. The number of aromatic hydroxyl groups is 1. The molecule has 142 valence electrons. The molecule has 10 heteroatoms. The Hall–Kier alpha value is -2.65. The molecule has 0 radical (unpaired) electrons. The fourth-order valence-electron chi connectivity index (χ4n) is 2.75. The molecule has 0 saturated heterocycles. The topological polar surface area (TPSA) is 107 Å². The third-order valence-corrected chi connectivity index (χ3v) is 5.69. The van der Waals surface area contributed by atoms with Gasteiger partial charge in [-0.15, -0.1) is 0 Å². The lowest BCUT2D eigenvalue weighted by atomic mass is 10.0. The SMILES string of the molecule is CCn1ncc(C(=O)c2ccc(S(C)(=O)=O)c(Cn3cccn3)c2Cl)c1O. The van der Waals surface area contributed by atoms with Crippen LogP contribution in [0.25, 0.3) is 0 Å². The van der Waals surface area contributed by atoms with E-state index in [0.29, 0.717) is 6.54 Å². The highest BCUT2D eigenvalue weighted by Crippen LogP contribution is 2.31. The van der Waals surface area contributed by atoms with E-state index >= 15 is 0 Å². The fraction of sp³-hybridized carbons (Fsp3) is 0.235. The summed E-state index contributed by atoms with van der Waals surface area (Å²) in [5.74, 6) is -0.807. The summed E-state index contributed by atoms with van der Waals surface area (Å²) >= 11 is 6.44. The Bertz CT molecular complexity index is 1100. The van der Waals surface area contributed by atoms with Crippen molar-refractivity contribution in [3.8, 4) is 5.88 Å². The van der Waals surface area contributed by atoms with Gasteiger partial charge in [0.15, 0.2) is 9.84 Å². The highest BCUT2D eigenvalue weighted by Gasteiger charge is 2.25. The molecule has 0 fully saturated rings. The number of benzene rings is 1. The molecule has 0 aliphatic carbocycles. The number of halogens is 1. The molecule has 8 nitrogen and oxygen atoms in total. The largest absolute Gasteiger partial charge is 0.493 e. The van der Waals surface area contributed by atoms with E-state index in [1.807, 2.05) is 0 Å². The molecule has 1 N–H and O–H groups in total. The molecular weight excluding hydrogens is 392 g/mol. The van der Waals surface area contributed by atoms with Crippen molar-refractivity contribution < 1.29 is 18.3 Å². The Morgan fingerprint density at radius 3 is 2.56 bits per heavy atom. The van der Waals surface area contributed by atoms with Crippen molar-refractivity contribution in [1.29, 1.82) is 0 Å². The summed E-state index contributed by atoms with van der Waals surface area (Å²) in [6, 6.07) is 4.38. The number of rotatable bonds is 6. The molecule has 0 bridgehead atoms. The summed E-state index contributed by atoms with van der Waals surface area (Å²) < 4.78 is 27.1. The summed E-state index contributed by atoms with van der Waals surface area (Å²) in [7, 11) is -3.58. The monoisotopic (exact) mass is 408 g/mol. The van der Waals surface area contributed by atoms with Gasteiger partial charge < -0.3 is 5.11 Å². The van der Waals surface area contributed by atoms with Gasteiger partial charge in [-0.1, -0.05) is 11.6 Å². The normalized spacial score (nSPS) is 11.7. The van der Waals surface area contributed by atoms with Crippen LogP contribution in [0.5, 0.6) is 5.88 Å². The number of carbonyl (C=O) groups excluding carboxylic acids is 1. The van der Waals surface area contributed by atoms with E-state index in [4.69, 9.17) is 11.6 Å². The molecule has 0 amide bonds. The van der Waals surface area contributed by atoms with Crippen molar-refractivity contribution in [2.24, 2.45) is 0 Å². The Balaban J connectivity index is 2.14. The van der Waals surface area contributed by atoms with Crippen LogP contribution in [0.2, 0.25) is 5.02 Å². The van der Waals surface area contributed by atoms with Gasteiger partial charge in [-0.3, -0.25) is 9.48 Å². The second-order valence-corrected chi connectivity index (χ2v) is 8.27. The van der Waals surface area contributed by atoms with Crippen LogP contribution in [-0.2, 0) is 22.9 Å². The lowest BCUT2D eigenvalue weighted by molar-refractivity contribution is 0.103. The fourth-order valence-corrected chi connectivity index (χ4v) is 4.04. The zero-order valence-electron chi connectivity index (χ0n) is 14.6. The van der Waals surface area contributed by atoms with Gasteiger partial charge in [0, 0.05) is 36.3 Å². The summed E-state index contributed by atoms with van der Waals surface area (Å²) in [5.41, 5.74) is 0.337. The molecule has 3 aromatic rings. The Morgan fingerprint density at radius 1 is 1.26 bits per heavy atom. The van der Waals surface area contributed by atoms with Crippen molar-refractivity contribution >= 4 is 27.2 Å². The average Bonchev–Trinajstić information content (AvgIpc) is 3.24. The van der Waals surface area contributed by atoms with E-state index in [-0.39, 0.29) is 39.0 Å². The Morgan fingerprint density at radius 2 is 2.00 bits per heavy atom. The molecule has 0 atom stereocenters. The number of ketones is 1. The van der Waals surface area contributed by atoms with Gasteiger partial charge >= 0.3 is 0 Å². The van der Waals surface area contributed by atoms with Gasteiger partial charge in [0.2, 0.25) is 11.7 Å². The van der Waals surface area contributed by atoms with E-state index in [0.717, 1.165) is 6.26 Å². The zero-order valence-corrected chi connectivity index (χ0v) is 16.2. The number of hydrogen-bond acceptors (Lipinski definition) is 6. The lowest BCUT2D eigenvalue weighted by Crippen LogP contribution is -2.12. The minimum Gasteiger partial charge on any atom is -0.493 e. The molecule has 2 heterocycles. The highest BCUT2D eigenvalue weighted by atomic mass is 35.5. The van der Waals surface area contributed by atoms with Gasteiger partial charge in [0.05, 0.1) is 22.7 Å². The maximum Gasteiger partial charge on any atom is 0.220 e. The summed E-state index contributed by atoms with van der Waals surface area (Å²) in [4.78, 5) is 12.9. The van der Waals surface area contributed by atoms with E-state index in [1.165, 1.54) is 27.7 Å². The number of aromatic nitrogens is 4. The molecule has 1 aromatic carbocycles. The van der Waals surface area contributed by atoms with Crippen molar-refractivity contribution in [3.05, 3.63) is 58.5 Å². The third kappa shape index (κ3) is 3.60. The van der Waals surface area contributed by atoms with Crippen LogP contribution in [0.3, 0.4) is 0 Å². The van der Waals surface area contributed by atoms with Crippen molar-refractivity contribution in [3.63, 3.8) is 0 Å². The molecule has 0 saturated carbocycles. The molecule has 0 unspecified atom stereocenters. The van der Waals surface area contributed by atoms with Crippen molar-refractivity contribution in [2.75, 3.05) is 6.26 Å². The summed E-state index contributed by atoms with van der Waals surface area (Å²) in [5, 5.41) is 18.1. The number of sulfone groups is 1. The molecule has 0 aliphatic rings. The Kier molecular flexibility index (Phi) is 5.07. The first-order valence-electron chi connectivity index (χ1n) is 8.02. The number of aryl methyl sites for hydroxylation is 1. The van der Waals surface area contributed by atoms with E-state index in [9.17, 15) is 18.3 Å². The first-order valence-corrected chi connectivity index (χ1v) is 10.3. The smallest absolute Gasteiger partial charge is 0.220 e. The first kappa shape index (κ1) is 19.1. The average molecular weight is 409 g/mol. The zero-order chi connectivity index (χ0) is 19.8. The van der Waals surface area contributed by atoms with Crippen LogP contribution in [0.1, 0.15) is 28.4 Å². The van der Waals surface area contributed by atoms with E-state index in [1.54, 1.807) is 25.4 Å². The minimum absolute atomic E-state index is 0.00192. The van der Waals surface area contributed by atoms with Gasteiger partial charge in [-0.25, -0.2) is 13.1 Å². The van der Waals surface area contributed by atoms with Gasteiger partial charge in [-0.2, -0.15) is 10.2 Å². The van der Waals surface area contributed by atoms with Crippen molar-refractivity contribution in [1.82, 2.24) is 19.6 Å². The molecule has 27 heavy (non-hydrogen) atoms. The quantitative estimate of drug-likeness (QED) is 0.626. The second kappa shape index (κ2) is 7.16. The van der Waals surface area contributed by atoms with Gasteiger partial charge in [-0.05, 0) is 25.1 Å². The predicted octanol–water partition coefficient (Wildman–Crippen LogP) is 2.14. The molecule has 3 rings (SSSR count). The Labute approximate surface area is 160 Å². The molecule has 0 aliphatic heterocycles. The number of nitrogens with zero attached hydrogens (tertiary/aromatic N) is 4. The number of hydrogen-bond donors (Lipinski definition) is 1. The lowest BCUT2D eigenvalue weighted by Gasteiger charge is -2.13. The predicted molar refractivity (Wildman–Crippen MR) is 98.9 cm³/mol.